The van der Waals surface area contributed by atoms with Gasteiger partial charge in [-0.25, -0.2) is 0 Å². The molecule has 2 aliphatic rings. The van der Waals surface area contributed by atoms with E-state index in [2.05, 4.69) is 57.9 Å². The molecule has 1 atom stereocenters. The molecule has 6 heteroatoms. The number of fused-ring (bicyclic) bond motifs is 2. The molecule has 2 aromatic heterocycles. The zero-order valence-corrected chi connectivity index (χ0v) is 16.6. The summed E-state index contributed by atoms with van der Waals surface area (Å²) in [6.07, 6.45) is 6.61. The van der Waals surface area contributed by atoms with E-state index in [1.165, 1.54) is 24.1 Å². The third-order valence-electron chi connectivity index (χ3n) is 6.12. The molecule has 1 aliphatic heterocycles. The van der Waals surface area contributed by atoms with Crippen LogP contribution >= 0.6 is 0 Å². The summed E-state index contributed by atoms with van der Waals surface area (Å²) in [6.45, 7) is 3.05. The van der Waals surface area contributed by atoms with Gasteiger partial charge < -0.3 is 9.32 Å². The van der Waals surface area contributed by atoms with Crippen molar-refractivity contribution in [1.29, 1.82) is 0 Å². The summed E-state index contributed by atoms with van der Waals surface area (Å²) in [5, 5.41) is 4.56. The minimum Gasteiger partial charge on any atom is -0.423 e. The van der Waals surface area contributed by atoms with Crippen LogP contribution in [0.3, 0.4) is 0 Å². The van der Waals surface area contributed by atoms with E-state index in [1.807, 2.05) is 30.5 Å². The Hall–Kier alpha value is -3.28. The quantitative estimate of drug-likeness (QED) is 0.497. The Labute approximate surface area is 169 Å². The Bertz CT molecular complexity index is 1170. The molecule has 0 N–H and O–H groups in total. The SMILES string of the molecule is CC1CN(c2nc3ccccc3o2)c2cc(-c3cnn(C4CC4)c3)ccc2N1C. The van der Waals surface area contributed by atoms with E-state index in [4.69, 9.17) is 9.40 Å². The number of likely N-dealkylation sites (N-methyl/N-ethyl adjacent to an activating group) is 1. The van der Waals surface area contributed by atoms with Gasteiger partial charge in [0.2, 0.25) is 0 Å². The maximum atomic E-state index is 6.12. The lowest BCUT2D eigenvalue weighted by atomic mass is 10.0. The number of anilines is 3. The van der Waals surface area contributed by atoms with Crippen LogP contribution in [0.15, 0.2) is 59.3 Å². The molecule has 6 rings (SSSR count). The van der Waals surface area contributed by atoms with Crippen LogP contribution in [0.4, 0.5) is 17.4 Å². The Balaban J connectivity index is 1.46. The largest absolute Gasteiger partial charge is 0.423 e. The summed E-state index contributed by atoms with van der Waals surface area (Å²) in [4.78, 5) is 9.29. The second-order valence-electron chi connectivity index (χ2n) is 8.18. The predicted molar refractivity (Wildman–Crippen MR) is 115 cm³/mol. The minimum absolute atomic E-state index is 0.348. The molecule has 6 nitrogen and oxygen atoms in total. The molecular formula is C23H23N5O. The fraction of sp³-hybridized carbons (Fsp3) is 0.304. The molecule has 3 heterocycles. The van der Waals surface area contributed by atoms with E-state index in [9.17, 15) is 0 Å². The van der Waals surface area contributed by atoms with Crippen LogP contribution in [-0.2, 0) is 0 Å². The molecular weight excluding hydrogens is 362 g/mol. The topological polar surface area (TPSA) is 50.3 Å². The highest BCUT2D eigenvalue weighted by molar-refractivity contribution is 5.84. The summed E-state index contributed by atoms with van der Waals surface area (Å²) in [5.41, 5.74) is 6.33. The third kappa shape index (κ3) is 2.70. The van der Waals surface area contributed by atoms with Crippen molar-refractivity contribution in [3.63, 3.8) is 0 Å². The molecule has 0 spiro atoms. The van der Waals surface area contributed by atoms with E-state index in [1.54, 1.807) is 0 Å². The number of nitrogens with zero attached hydrogens (tertiary/aromatic N) is 5. The van der Waals surface area contributed by atoms with Crippen molar-refractivity contribution >= 4 is 28.5 Å². The summed E-state index contributed by atoms with van der Waals surface area (Å²) >= 11 is 0. The van der Waals surface area contributed by atoms with Crippen LogP contribution in [0, 0.1) is 0 Å². The fourth-order valence-corrected chi connectivity index (χ4v) is 4.12. The van der Waals surface area contributed by atoms with Gasteiger partial charge in [0.05, 0.1) is 23.6 Å². The third-order valence-corrected chi connectivity index (χ3v) is 6.12. The van der Waals surface area contributed by atoms with E-state index >= 15 is 0 Å². The van der Waals surface area contributed by atoms with Crippen molar-refractivity contribution in [2.45, 2.75) is 31.8 Å². The molecule has 1 aliphatic carbocycles. The highest BCUT2D eigenvalue weighted by Gasteiger charge is 2.30. The van der Waals surface area contributed by atoms with Crippen LogP contribution in [0.25, 0.3) is 22.2 Å². The van der Waals surface area contributed by atoms with Crippen LogP contribution in [-0.4, -0.2) is 34.4 Å². The monoisotopic (exact) mass is 385 g/mol. The lowest BCUT2D eigenvalue weighted by Crippen LogP contribution is -2.43. The number of benzene rings is 2. The lowest BCUT2D eigenvalue weighted by molar-refractivity contribution is 0.565. The molecule has 2 aromatic carbocycles. The summed E-state index contributed by atoms with van der Waals surface area (Å²) in [6, 6.07) is 16.1. The van der Waals surface area contributed by atoms with Gasteiger partial charge in [0.25, 0.3) is 0 Å². The normalized spacial score (nSPS) is 19.0. The molecule has 4 aromatic rings. The van der Waals surface area contributed by atoms with Crippen molar-refractivity contribution in [3.05, 3.63) is 54.9 Å². The van der Waals surface area contributed by atoms with Crippen molar-refractivity contribution in [1.82, 2.24) is 14.8 Å². The van der Waals surface area contributed by atoms with Gasteiger partial charge in [-0.15, -0.1) is 0 Å². The zero-order chi connectivity index (χ0) is 19.5. The van der Waals surface area contributed by atoms with Gasteiger partial charge in [-0.3, -0.25) is 9.58 Å². The van der Waals surface area contributed by atoms with E-state index in [-0.39, 0.29) is 0 Å². The minimum atomic E-state index is 0.348. The van der Waals surface area contributed by atoms with E-state index < -0.39 is 0 Å². The van der Waals surface area contributed by atoms with Gasteiger partial charge in [0.1, 0.15) is 5.52 Å². The Morgan fingerprint density at radius 3 is 2.72 bits per heavy atom. The van der Waals surface area contributed by atoms with Gasteiger partial charge in [0, 0.05) is 31.4 Å². The number of para-hydroxylation sites is 2. The lowest BCUT2D eigenvalue weighted by Gasteiger charge is -2.39. The molecule has 1 fully saturated rings. The van der Waals surface area contributed by atoms with E-state index in [0.717, 1.165) is 28.9 Å². The summed E-state index contributed by atoms with van der Waals surface area (Å²) in [7, 11) is 2.15. The average molecular weight is 385 g/mol. The number of hydrogen-bond donors (Lipinski definition) is 0. The number of hydrogen-bond acceptors (Lipinski definition) is 5. The molecule has 1 saturated carbocycles. The van der Waals surface area contributed by atoms with Gasteiger partial charge >= 0.3 is 6.01 Å². The zero-order valence-electron chi connectivity index (χ0n) is 16.6. The average Bonchev–Trinajstić information content (AvgIpc) is 3.31. The fourth-order valence-electron chi connectivity index (χ4n) is 4.12. The Morgan fingerprint density at radius 2 is 1.90 bits per heavy atom. The predicted octanol–water partition coefficient (Wildman–Crippen LogP) is 5.00. The summed E-state index contributed by atoms with van der Waals surface area (Å²) < 4.78 is 8.22. The van der Waals surface area contributed by atoms with E-state index in [0.29, 0.717) is 18.1 Å². The number of rotatable bonds is 3. The molecule has 0 saturated heterocycles. The van der Waals surface area contributed by atoms with Gasteiger partial charge in [-0.2, -0.15) is 10.1 Å². The highest BCUT2D eigenvalue weighted by Crippen LogP contribution is 2.42. The van der Waals surface area contributed by atoms with Crippen molar-refractivity contribution in [2.75, 3.05) is 23.4 Å². The number of aromatic nitrogens is 3. The van der Waals surface area contributed by atoms with Gasteiger partial charge in [0.15, 0.2) is 5.58 Å². The Morgan fingerprint density at radius 1 is 1.03 bits per heavy atom. The van der Waals surface area contributed by atoms with Crippen molar-refractivity contribution in [2.24, 2.45) is 0 Å². The summed E-state index contributed by atoms with van der Waals surface area (Å²) in [5.74, 6) is 0. The first kappa shape index (κ1) is 16.7. The smallest absolute Gasteiger partial charge is 0.303 e. The van der Waals surface area contributed by atoms with Gasteiger partial charge in [-0.1, -0.05) is 18.2 Å². The molecule has 29 heavy (non-hydrogen) atoms. The van der Waals surface area contributed by atoms with Gasteiger partial charge in [-0.05, 0) is 49.6 Å². The second kappa shape index (κ2) is 6.11. The first-order valence-electron chi connectivity index (χ1n) is 10.2. The first-order valence-corrected chi connectivity index (χ1v) is 10.2. The molecule has 0 radical (unpaired) electrons. The highest BCUT2D eigenvalue weighted by atomic mass is 16.4. The Kier molecular flexibility index (Phi) is 3.51. The van der Waals surface area contributed by atoms with Crippen LogP contribution < -0.4 is 9.80 Å². The first-order chi connectivity index (χ1) is 14.2. The molecule has 0 amide bonds. The maximum Gasteiger partial charge on any atom is 0.303 e. The second-order valence-corrected chi connectivity index (χ2v) is 8.18. The van der Waals surface area contributed by atoms with Crippen LogP contribution in [0.1, 0.15) is 25.8 Å². The van der Waals surface area contributed by atoms with Crippen molar-refractivity contribution < 1.29 is 4.42 Å². The van der Waals surface area contributed by atoms with Crippen LogP contribution in [0.2, 0.25) is 0 Å². The van der Waals surface area contributed by atoms with Crippen LogP contribution in [0.5, 0.6) is 0 Å². The van der Waals surface area contributed by atoms with Crippen molar-refractivity contribution in [3.8, 4) is 11.1 Å². The molecule has 146 valence electrons. The number of oxazole rings is 1. The maximum absolute atomic E-state index is 6.12. The standard InChI is InChI=1S/C23H23N5O/c1-15-13-27(23-25-19-5-3-4-6-22(19)29-23)21-11-16(7-10-20(21)26(15)2)17-12-24-28(14-17)18-8-9-18/h3-7,10-12,14-15,18H,8-9,13H2,1-2H3. The molecule has 1 unspecified atom stereocenters. The molecule has 0 bridgehead atoms.